The van der Waals surface area contributed by atoms with E-state index in [1.54, 1.807) is 6.92 Å². The van der Waals surface area contributed by atoms with E-state index in [4.69, 9.17) is 0 Å². The molecule has 1 aliphatic heterocycles. The summed E-state index contributed by atoms with van der Waals surface area (Å²) in [6.07, 6.45) is 3.57. The Kier molecular flexibility index (Phi) is 9.49. The fourth-order valence-corrected chi connectivity index (χ4v) is 5.53. The lowest BCUT2D eigenvalue weighted by atomic mass is 9.93. The number of nitrogens with zero attached hydrogens (tertiary/aromatic N) is 4. The van der Waals surface area contributed by atoms with Crippen LogP contribution in [0.15, 0.2) is 72.8 Å². The Bertz CT molecular complexity index is 1440. The molecule has 1 fully saturated rings. The quantitative estimate of drug-likeness (QED) is 0.264. The zero-order valence-corrected chi connectivity index (χ0v) is 23.5. The largest absolute Gasteiger partial charge is 0.356 e. The molecule has 0 aliphatic carbocycles. The van der Waals surface area contributed by atoms with Gasteiger partial charge in [-0.3, -0.25) is 9.59 Å². The maximum Gasteiger partial charge on any atom is 0.223 e. The highest BCUT2D eigenvalue weighted by molar-refractivity contribution is 5.77. The van der Waals surface area contributed by atoms with E-state index in [0.717, 1.165) is 37.9 Å². The lowest BCUT2D eigenvalue weighted by molar-refractivity contribution is -0.134. The van der Waals surface area contributed by atoms with Crippen LogP contribution >= 0.6 is 0 Å². The fraction of sp³-hybridized carbons (Fsp3) is 0.344. The lowest BCUT2D eigenvalue weighted by Crippen LogP contribution is -2.54. The smallest absolute Gasteiger partial charge is 0.223 e. The highest BCUT2D eigenvalue weighted by atomic mass is 16.2. The van der Waals surface area contributed by atoms with Crippen molar-refractivity contribution in [3.63, 3.8) is 0 Å². The van der Waals surface area contributed by atoms with Gasteiger partial charge in [-0.25, -0.2) is 0 Å². The van der Waals surface area contributed by atoms with Gasteiger partial charge in [0, 0.05) is 51.1 Å². The number of carbonyl (C=O) groups is 2. The first-order valence-electron chi connectivity index (χ1n) is 14.3. The minimum absolute atomic E-state index is 0.0115. The number of hydrogen-bond acceptors (Lipinski definition) is 6. The van der Waals surface area contributed by atoms with Gasteiger partial charge < -0.3 is 15.5 Å². The summed E-state index contributed by atoms with van der Waals surface area (Å²) >= 11 is 0. The van der Waals surface area contributed by atoms with Crippen LogP contribution in [0.3, 0.4) is 0 Å². The summed E-state index contributed by atoms with van der Waals surface area (Å²) in [5.74, 6) is 0.759. The summed E-state index contributed by atoms with van der Waals surface area (Å²) in [6, 6.07) is 25.1. The van der Waals surface area contributed by atoms with Gasteiger partial charge in [0.25, 0.3) is 0 Å². The van der Waals surface area contributed by atoms with Gasteiger partial charge in [-0.05, 0) is 58.7 Å². The Morgan fingerprint density at radius 2 is 1.61 bits per heavy atom. The molecule has 0 saturated carbocycles. The van der Waals surface area contributed by atoms with Crippen molar-refractivity contribution in [2.45, 2.75) is 45.1 Å². The SMILES string of the molecule is CC(=O)NCCc1ccccc1Cc1ccccc1CCC(=O)N1CCNCC1Cc1ccc(-c2nn[nH]n2)cc1. The maximum absolute atomic E-state index is 13.5. The molecule has 0 bridgehead atoms. The third-order valence-electron chi connectivity index (χ3n) is 7.69. The molecule has 1 aliphatic rings. The predicted molar refractivity (Wildman–Crippen MR) is 158 cm³/mol. The highest BCUT2D eigenvalue weighted by Crippen LogP contribution is 2.21. The number of benzene rings is 3. The summed E-state index contributed by atoms with van der Waals surface area (Å²) in [5, 5.41) is 20.5. The summed E-state index contributed by atoms with van der Waals surface area (Å²) < 4.78 is 0. The molecule has 5 rings (SSSR count). The van der Waals surface area contributed by atoms with Crippen molar-refractivity contribution in [1.82, 2.24) is 36.2 Å². The standard InChI is InChI=1S/C32H37N7O2/c1-23(40)34-17-16-26-7-3-5-9-29(26)21-28-8-4-2-6-25(28)14-15-31(41)39-19-18-33-22-30(39)20-24-10-12-27(13-11-24)32-35-37-38-36-32/h2-13,30,33H,14-22H2,1H3,(H,34,40)(H,35,36,37,38). The number of hydrogen-bond donors (Lipinski definition) is 3. The first-order valence-corrected chi connectivity index (χ1v) is 14.3. The van der Waals surface area contributed by atoms with Crippen molar-refractivity contribution < 1.29 is 9.59 Å². The molecule has 9 nitrogen and oxygen atoms in total. The van der Waals surface area contributed by atoms with Gasteiger partial charge in [-0.15, -0.1) is 10.2 Å². The van der Waals surface area contributed by atoms with E-state index in [1.165, 1.54) is 27.8 Å². The average molecular weight is 552 g/mol. The lowest BCUT2D eigenvalue weighted by Gasteiger charge is -2.36. The third-order valence-corrected chi connectivity index (χ3v) is 7.69. The summed E-state index contributed by atoms with van der Waals surface area (Å²) in [4.78, 5) is 26.9. The highest BCUT2D eigenvalue weighted by Gasteiger charge is 2.26. The summed E-state index contributed by atoms with van der Waals surface area (Å²) in [7, 11) is 0. The van der Waals surface area contributed by atoms with Gasteiger partial charge in [-0.2, -0.15) is 5.21 Å². The van der Waals surface area contributed by atoms with Crippen LogP contribution in [-0.2, 0) is 35.3 Å². The van der Waals surface area contributed by atoms with Crippen LogP contribution in [0.1, 0.15) is 41.2 Å². The molecule has 41 heavy (non-hydrogen) atoms. The second-order valence-electron chi connectivity index (χ2n) is 10.5. The molecular formula is C32H37N7O2. The third kappa shape index (κ3) is 7.64. The van der Waals surface area contributed by atoms with Crippen molar-refractivity contribution >= 4 is 11.8 Å². The van der Waals surface area contributed by atoms with Crippen molar-refractivity contribution in [3.05, 3.63) is 101 Å². The van der Waals surface area contributed by atoms with E-state index in [-0.39, 0.29) is 17.9 Å². The van der Waals surface area contributed by atoms with Crippen LogP contribution in [0, 0.1) is 0 Å². The molecule has 1 aromatic heterocycles. The van der Waals surface area contributed by atoms with Crippen LogP contribution in [-0.4, -0.2) is 69.6 Å². The van der Waals surface area contributed by atoms with Crippen LogP contribution in [0.2, 0.25) is 0 Å². The van der Waals surface area contributed by atoms with Crippen molar-refractivity contribution in [2.24, 2.45) is 0 Å². The summed E-state index contributed by atoms with van der Waals surface area (Å²) in [6.45, 7) is 4.47. The molecule has 1 saturated heterocycles. The summed E-state index contributed by atoms with van der Waals surface area (Å²) in [5.41, 5.74) is 7.02. The number of nitrogens with one attached hydrogen (secondary N) is 3. The van der Waals surface area contributed by atoms with Crippen molar-refractivity contribution in [2.75, 3.05) is 26.2 Å². The van der Waals surface area contributed by atoms with E-state index in [0.29, 0.717) is 31.8 Å². The first kappa shape index (κ1) is 28.2. The number of aromatic nitrogens is 4. The second kappa shape index (κ2) is 13.8. The van der Waals surface area contributed by atoms with Gasteiger partial charge in [-0.1, -0.05) is 72.8 Å². The molecule has 4 aromatic rings. The molecule has 3 aromatic carbocycles. The Hall–Kier alpha value is -4.37. The van der Waals surface area contributed by atoms with Crippen LogP contribution < -0.4 is 10.6 Å². The Morgan fingerprint density at radius 3 is 2.27 bits per heavy atom. The molecule has 2 amide bonds. The number of piperazine rings is 1. The molecule has 2 heterocycles. The first-order chi connectivity index (χ1) is 20.1. The van der Waals surface area contributed by atoms with E-state index in [2.05, 4.69) is 90.8 Å². The van der Waals surface area contributed by atoms with E-state index in [1.807, 2.05) is 18.2 Å². The van der Waals surface area contributed by atoms with Crippen LogP contribution in [0.5, 0.6) is 0 Å². The molecule has 3 N–H and O–H groups in total. The Labute approximate surface area is 240 Å². The van der Waals surface area contributed by atoms with Gasteiger partial charge >= 0.3 is 0 Å². The Morgan fingerprint density at radius 1 is 0.927 bits per heavy atom. The number of carbonyl (C=O) groups excluding carboxylic acids is 2. The number of tetrazole rings is 1. The van der Waals surface area contributed by atoms with Gasteiger partial charge in [0.05, 0.1) is 0 Å². The second-order valence-corrected chi connectivity index (χ2v) is 10.5. The van der Waals surface area contributed by atoms with Crippen LogP contribution in [0.4, 0.5) is 0 Å². The van der Waals surface area contributed by atoms with Gasteiger partial charge in [0.1, 0.15) is 0 Å². The molecule has 1 unspecified atom stereocenters. The number of amides is 2. The molecule has 212 valence electrons. The zero-order chi connectivity index (χ0) is 28.4. The normalized spacial score (nSPS) is 15.0. The number of aryl methyl sites for hydroxylation is 1. The van der Waals surface area contributed by atoms with Gasteiger partial charge in [0.2, 0.25) is 17.6 Å². The van der Waals surface area contributed by atoms with Crippen molar-refractivity contribution in [3.8, 4) is 11.4 Å². The minimum atomic E-state index is -0.0115. The molecular weight excluding hydrogens is 514 g/mol. The number of aromatic amines is 1. The Balaban J connectivity index is 1.21. The number of rotatable bonds is 11. The predicted octanol–water partition coefficient (Wildman–Crippen LogP) is 3.11. The molecule has 1 atom stereocenters. The van der Waals surface area contributed by atoms with E-state index >= 15 is 0 Å². The minimum Gasteiger partial charge on any atom is -0.356 e. The number of H-pyrrole nitrogens is 1. The zero-order valence-electron chi connectivity index (χ0n) is 23.5. The van der Waals surface area contributed by atoms with Crippen molar-refractivity contribution in [1.29, 1.82) is 0 Å². The average Bonchev–Trinajstić information content (AvgIpc) is 3.53. The maximum atomic E-state index is 13.5. The topological polar surface area (TPSA) is 116 Å². The van der Waals surface area contributed by atoms with Crippen LogP contribution in [0.25, 0.3) is 11.4 Å². The fourth-order valence-electron chi connectivity index (χ4n) is 5.53. The van der Waals surface area contributed by atoms with E-state index < -0.39 is 0 Å². The molecule has 0 spiro atoms. The molecule has 9 heteroatoms. The van der Waals surface area contributed by atoms with Gasteiger partial charge in [0.15, 0.2) is 0 Å². The van der Waals surface area contributed by atoms with E-state index in [9.17, 15) is 9.59 Å². The molecule has 0 radical (unpaired) electrons. The monoisotopic (exact) mass is 551 g/mol.